The van der Waals surface area contributed by atoms with Gasteiger partial charge in [0, 0.05) is 5.92 Å². The highest BCUT2D eigenvalue weighted by atomic mass is 16.5. The van der Waals surface area contributed by atoms with Gasteiger partial charge in [0.2, 0.25) is 0 Å². The molecular weight excluding hydrogens is 328 g/mol. The van der Waals surface area contributed by atoms with Crippen molar-refractivity contribution in [1.82, 2.24) is 0 Å². The van der Waals surface area contributed by atoms with Gasteiger partial charge < -0.3 is 4.74 Å². The Hall–Kier alpha value is -1.34. The molecule has 0 spiro atoms. The van der Waals surface area contributed by atoms with Gasteiger partial charge in [0.15, 0.2) is 0 Å². The first kappa shape index (κ1) is 20.4. The van der Waals surface area contributed by atoms with E-state index in [1.165, 1.54) is 68.9 Å². The van der Waals surface area contributed by atoms with Crippen LogP contribution in [-0.2, 0) is 11.2 Å². The van der Waals surface area contributed by atoms with Crippen LogP contribution in [0.1, 0.15) is 81.8 Å². The molecule has 0 aromatic heterocycles. The molecule has 148 valence electrons. The van der Waals surface area contributed by atoms with Gasteiger partial charge in [-0.15, -0.1) is 6.58 Å². The Kier molecular flexibility index (Phi) is 8.20. The molecule has 0 bridgehead atoms. The van der Waals surface area contributed by atoms with Crippen molar-refractivity contribution in [3.63, 3.8) is 0 Å². The fraction of sp³-hybridized carbons (Fsp3) is 0.615. The maximum atomic E-state index is 6.19. The van der Waals surface area contributed by atoms with E-state index in [-0.39, 0.29) is 0 Å². The molecule has 1 heteroatoms. The van der Waals surface area contributed by atoms with Crippen molar-refractivity contribution >= 4 is 0 Å². The second kappa shape index (κ2) is 10.9. The summed E-state index contributed by atoms with van der Waals surface area (Å²) < 4.78 is 6.19. The first-order chi connectivity index (χ1) is 13.3. The van der Waals surface area contributed by atoms with Gasteiger partial charge in [0.1, 0.15) is 0 Å². The predicted octanol–water partition coefficient (Wildman–Crippen LogP) is 7.23. The number of hydrogen-bond acceptors (Lipinski definition) is 1. The normalized spacial score (nSPS) is 29.1. The molecule has 2 atom stereocenters. The van der Waals surface area contributed by atoms with Crippen molar-refractivity contribution in [2.24, 2.45) is 11.8 Å². The summed E-state index contributed by atoms with van der Waals surface area (Å²) in [6, 6.07) is 9.33. The molecule has 1 aliphatic heterocycles. The Morgan fingerprint density at radius 1 is 0.926 bits per heavy atom. The largest absolute Gasteiger partial charge is 0.374 e. The Balaban J connectivity index is 1.41. The molecule has 2 fully saturated rings. The van der Waals surface area contributed by atoms with Crippen molar-refractivity contribution in [3.05, 3.63) is 60.2 Å². The van der Waals surface area contributed by atoms with E-state index >= 15 is 0 Å². The Morgan fingerprint density at radius 3 is 2.30 bits per heavy atom. The third kappa shape index (κ3) is 6.35. The molecule has 1 saturated carbocycles. The van der Waals surface area contributed by atoms with E-state index in [1.807, 2.05) is 0 Å². The van der Waals surface area contributed by atoms with Crippen LogP contribution in [0, 0.1) is 11.8 Å². The maximum absolute atomic E-state index is 6.19. The van der Waals surface area contributed by atoms with E-state index in [2.05, 4.69) is 56.0 Å². The molecule has 1 aromatic rings. The fourth-order valence-electron chi connectivity index (χ4n) is 4.58. The zero-order valence-corrected chi connectivity index (χ0v) is 17.2. The quantitative estimate of drug-likeness (QED) is 0.348. The van der Waals surface area contributed by atoms with Gasteiger partial charge in [-0.3, -0.25) is 0 Å². The van der Waals surface area contributed by atoms with Crippen LogP contribution in [-0.4, -0.2) is 12.7 Å². The average molecular weight is 367 g/mol. The van der Waals surface area contributed by atoms with E-state index in [0.717, 1.165) is 24.9 Å². The second-order valence-corrected chi connectivity index (χ2v) is 8.64. The first-order valence-corrected chi connectivity index (χ1v) is 11.3. The minimum atomic E-state index is 0.326. The summed E-state index contributed by atoms with van der Waals surface area (Å²) in [5.74, 6) is 2.07. The van der Waals surface area contributed by atoms with Crippen molar-refractivity contribution in [1.29, 1.82) is 0 Å². The van der Waals surface area contributed by atoms with Crippen LogP contribution >= 0.6 is 0 Å². The molecule has 1 saturated heterocycles. The van der Waals surface area contributed by atoms with Crippen LogP contribution < -0.4 is 0 Å². The molecule has 2 unspecified atom stereocenters. The smallest absolute Gasteiger partial charge is 0.0756 e. The molecule has 0 radical (unpaired) electrons. The molecule has 0 N–H and O–H groups in total. The first-order valence-electron chi connectivity index (χ1n) is 11.3. The van der Waals surface area contributed by atoms with E-state index < -0.39 is 0 Å². The number of allylic oxidation sites excluding steroid dienone is 2. The highest BCUT2D eigenvalue weighted by Crippen LogP contribution is 2.32. The number of benzene rings is 1. The summed E-state index contributed by atoms with van der Waals surface area (Å²) in [5.41, 5.74) is 2.94. The molecule has 3 rings (SSSR count). The highest BCUT2D eigenvalue weighted by molar-refractivity contribution is 5.26. The molecule has 1 aliphatic carbocycles. The number of unbranched alkanes of at least 4 members (excludes halogenated alkanes) is 2. The number of ether oxygens (including phenoxy) is 1. The number of hydrogen-bond donors (Lipinski definition) is 0. The van der Waals surface area contributed by atoms with E-state index in [0.29, 0.717) is 12.0 Å². The third-order valence-electron chi connectivity index (χ3n) is 6.58. The maximum Gasteiger partial charge on any atom is 0.0756 e. The summed E-state index contributed by atoms with van der Waals surface area (Å²) in [6.45, 7) is 7.08. The van der Waals surface area contributed by atoms with Gasteiger partial charge in [-0.1, -0.05) is 62.3 Å². The number of aryl methyl sites for hydroxylation is 1. The van der Waals surface area contributed by atoms with E-state index in [1.54, 1.807) is 0 Å². The molecule has 1 aromatic carbocycles. The molecule has 1 nitrogen and oxygen atoms in total. The van der Waals surface area contributed by atoms with E-state index in [9.17, 15) is 0 Å². The van der Waals surface area contributed by atoms with Crippen molar-refractivity contribution in [2.45, 2.75) is 83.2 Å². The van der Waals surface area contributed by atoms with Gasteiger partial charge in [-0.05, 0) is 74.3 Å². The molecule has 2 aliphatic rings. The zero-order valence-electron chi connectivity index (χ0n) is 17.2. The fourth-order valence-corrected chi connectivity index (χ4v) is 4.58. The summed E-state index contributed by atoms with van der Waals surface area (Å²) in [5, 5.41) is 0. The Morgan fingerprint density at radius 2 is 1.67 bits per heavy atom. The molecule has 0 amide bonds. The third-order valence-corrected chi connectivity index (χ3v) is 6.58. The minimum absolute atomic E-state index is 0.326. The van der Waals surface area contributed by atoms with Crippen LogP contribution in [0.15, 0.2) is 49.1 Å². The van der Waals surface area contributed by atoms with Crippen LogP contribution in [0.5, 0.6) is 0 Å². The van der Waals surface area contributed by atoms with E-state index in [4.69, 9.17) is 4.74 Å². The summed E-state index contributed by atoms with van der Waals surface area (Å²) in [4.78, 5) is 0. The average Bonchev–Trinajstić information content (AvgIpc) is 2.74. The zero-order chi connectivity index (χ0) is 18.9. The van der Waals surface area contributed by atoms with Gasteiger partial charge in [-0.2, -0.15) is 0 Å². The van der Waals surface area contributed by atoms with Crippen LogP contribution in [0.2, 0.25) is 0 Å². The lowest BCUT2D eigenvalue weighted by molar-refractivity contribution is 0.0323. The van der Waals surface area contributed by atoms with Gasteiger partial charge >= 0.3 is 0 Å². The minimum Gasteiger partial charge on any atom is -0.374 e. The van der Waals surface area contributed by atoms with Gasteiger partial charge in [0.25, 0.3) is 0 Å². The van der Waals surface area contributed by atoms with Crippen LogP contribution in [0.3, 0.4) is 0 Å². The van der Waals surface area contributed by atoms with Crippen molar-refractivity contribution in [3.8, 4) is 0 Å². The van der Waals surface area contributed by atoms with Crippen molar-refractivity contribution < 1.29 is 4.74 Å². The predicted molar refractivity (Wildman–Crippen MR) is 116 cm³/mol. The molecular formula is C26H38O. The highest BCUT2D eigenvalue weighted by Gasteiger charge is 2.22. The lowest BCUT2D eigenvalue weighted by Crippen LogP contribution is -2.23. The van der Waals surface area contributed by atoms with Crippen molar-refractivity contribution in [2.75, 3.05) is 6.61 Å². The SMILES string of the molecule is C=CC1CCC(/C=C/C2CCC(c3ccc(CCCCC)cc3)CO2)CC1. The second-order valence-electron chi connectivity index (χ2n) is 8.64. The van der Waals surface area contributed by atoms with Crippen LogP contribution in [0.4, 0.5) is 0 Å². The Bertz CT molecular complexity index is 569. The molecule has 1 heterocycles. The molecule has 27 heavy (non-hydrogen) atoms. The monoisotopic (exact) mass is 366 g/mol. The summed E-state index contributed by atoms with van der Waals surface area (Å²) in [7, 11) is 0. The summed E-state index contributed by atoms with van der Waals surface area (Å²) in [6.07, 6.45) is 20.1. The topological polar surface area (TPSA) is 9.23 Å². The standard InChI is InChI=1S/C26H38O/c1-3-5-6-7-22-12-15-24(16-13-22)25-17-19-26(27-20-25)18-14-23-10-8-21(4-2)9-11-23/h4,12-16,18,21,23,25-26H,2-3,5-11,17,19-20H2,1H3/b18-14+. The van der Waals surface area contributed by atoms with Crippen LogP contribution in [0.25, 0.3) is 0 Å². The number of rotatable bonds is 8. The lowest BCUT2D eigenvalue weighted by atomic mass is 9.81. The van der Waals surface area contributed by atoms with Gasteiger partial charge in [0.05, 0.1) is 12.7 Å². The van der Waals surface area contributed by atoms with Gasteiger partial charge in [-0.25, -0.2) is 0 Å². The summed E-state index contributed by atoms with van der Waals surface area (Å²) >= 11 is 0. The Labute approximate surface area is 166 Å². The lowest BCUT2D eigenvalue weighted by Gasteiger charge is -2.29.